The standard InChI is InChI=1S/C11H13F4N/c1-7-2-3-8(6-9(7)12)10(16)4-5-11(13,14)15/h2-3,6,10H,4-5,16H2,1H3/t10-/m1/s1. The van der Waals surface area contributed by atoms with Crippen LogP contribution >= 0.6 is 0 Å². The molecule has 0 fully saturated rings. The van der Waals surface area contributed by atoms with Gasteiger partial charge in [0.25, 0.3) is 0 Å². The van der Waals surface area contributed by atoms with Crippen molar-refractivity contribution >= 4 is 0 Å². The zero-order valence-corrected chi connectivity index (χ0v) is 8.81. The lowest BCUT2D eigenvalue weighted by molar-refractivity contribution is -0.136. The number of alkyl halides is 3. The van der Waals surface area contributed by atoms with E-state index in [1.54, 1.807) is 13.0 Å². The average Bonchev–Trinajstić information content (AvgIpc) is 2.17. The molecule has 1 aromatic carbocycles. The Hall–Kier alpha value is -1.10. The van der Waals surface area contributed by atoms with Crippen molar-refractivity contribution in [2.45, 2.75) is 32.0 Å². The highest BCUT2D eigenvalue weighted by Gasteiger charge is 2.27. The molecule has 16 heavy (non-hydrogen) atoms. The summed E-state index contributed by atoms with van der Waals surface area (Å²) in [6.07, 6.45) is -5.41. The van der Waals surface area contributed by atoms with Crippen LogP contribution in [-0.4, -0.2) is 6.18 Å². The molecule has 0 radical (unpaired) electrons. The van der Waals surface area contributed by atoms with Crippen LogP contribution in [0.15, 0.2) is 18.2 Å². The van der Waals surface area contributed by atoms with Crippen molar-refractivity contribution in [1.29, 1.82) is 0 Å². The fourth-order valence-corrected chi connectivity index (χ4v) is 1.33. The normalized spacial score (nSPS) is 13.9. The Kier molecular flexibility index (Phi) is 3.91. The van der Waals surface area contributed by atoms with E-state index in [4.69, 9.17) is 5.73 Å². The molecule has 0 amide bonds. The maximum absolute atomic E-state index is 13.1. The maximum atomic E-state index is 13.1. The van der Waals surface area contributed by atoms with Gasteiger partial charge in [0, 0.05) is 12.5 Å². The van der Waals surface area contributed by atoms with Crippen LogP contribution in [0.1, 0.15) is 30.0 Å². The molecule has 0 heterocycles. The largest absolute Gasteiger partial charge is 0.389 e. The predicted octanol–water partition coefficient (Wildman–Crippen LogP) is 3.48. The molecule has 0 aliphatic rings. The number of benzene rings is 1. The van der Waals surface area contributed by atoms with Gasteiger partial charge in [0.1, 0.15) is 5.82 Å². The molecule has 0 aliphatic heterocycles. The second-order valence-electron chi connectivity index (χ2n) is 3.77. The molecular weight excluding hydrogens is 222 g/mol. The van der Waals surface area contributed by atoms with E-state index >= 15 is 0 Å². The topological polar surface area (TPSA) is 26.0 Å². The van der Waals surface area contributed by atoms with Crippen LogP contribution in [-0.2, 0) is 0 Å². The molecule has 0 bridgehead atoms. The summed E-state index contributed by atoms with van der Waals surface area (Å²) in [5.74, 6) is -0.444. The molecule has 0 aliphatic carbocycles. The van der Waals surface area contributed by atoms with Crippen molar-refractivity contribution in [2.75, 3.05) is 0 Å². The molecule has 1 rings (SSSR count). The third-order valence-corrected chi connectivity index (χ3v) is 2.36. The molecule has 5 heteroatoms. The highest BCUT2D eigenvalue weighted by atomic mass is 19.4. The van der Waals surface area contributed by atoms with Gasteiger partial charge in [0.15, 0.2) is 0 Å². The summed E-state index contributed by atoms with van der Waals surface area (Å²) in [7, 11) is 0. The van der Waals surface area contributed by atoms with E-state index in [0.717, 1.165) is 0 Å². The van der Waals surface area contributed by atoms with Gasteiger partial charge in [0.05, 0.1) is 0 Å². The third-order valence-electron chi connectivity index (χ3n) is 2.36. The van der Waals surface area contributed by atoms with Crippen molar-refractivity contribution in [2.24, 2.45) is 5.73 Å². The Morgan fingerprint density at radius 3 is 2.44 bits per heavy atom. The Balaban J connectivity index is 2.66. The smallest absolute Gasteiger partial charge is 0.324 e. The van der Waals surface area contributed by atoms with E-state index < -0.39 is 24.5 Å². The summed E-state index contributed by atoms with van der Waals surface area (Å²) in [4.78, 5) is 0. The summed E-state index contributed by atoms with van der Waals surface area (Å²) in [5, 5.41) is 0. The van der Waals surface area contributed by atoms with Crippen LogP contribution in [0.3, 0.4) is 0 Å². The van der Waals surface area contributed by atoms with Gasteiger partial charge in [-0.15, -0.1) is 0 Å². The molecule has 0 aromatic heterocycles. The number of nitrogens with two attached hydrogens (primary N) is 1. The first-order valence-electron chi connectivity index (χ1n) is 4.88. The molecule has 1 atom stereocenters. The van der Waals surface area contributed by atoms with Gasteiger partial charge in [-0.25, -0.2) is 4.39 Å². The minimum Gasteiger partial charge on any atom is -0.324 e. The van der Waals surface area contributed by atoms with Crippen molar-refractivity contribution in [3.05, 3.63) is 35.1 Å². The second-order valence-corrected chi connectivity index (χ2v) is 3.77. The zero-order valence-electron chi connectivity index (χ0n) is 8.81. The fraction of sp³-hybridized carbons (Fsp3) is 0.455. The maximum Gasteiger partial charge on any atom is 0.389 e. The zero-order chi connectivity index (χ0) is 12.3. The highest BCUT2D eigenvalue weighted by Crippen LogP contribution is 2.26. The molecule has 90 valence electrons. The average molecular weight is 235 g/mol. The lowest BCUT2D eigenvalue weighted by Gasteiger charge is -2.14. The number of halogens is 4. The van der Waals surface area contributed by atoms with Crippen LogP contribution in [0, 0.1) is 12.7 Å². The Labute approximate surface area is 91.3 Å². The predicted molar refractivity (Wildman–Crippen MR) is 53.4 cm³/mol. The lowest BCUT2D eigenvalue weighted by Crippen LogP contribution is -2.16. The minimum absolute atomic E-state index is 0.230. The van der Waals surface area contributed by atoms with Crippen molar-refractivity contribution in [3.8, 4) is 0 Å². The SMILES string of the molecule is Cc1ccc([C@H](N)CCC(F)(F)F)cc1F. The monoisotopic (exact) mass is 235 g/mol. The first-order chi connectivity index (χ1) is 7.29. The number of hydrogen-bond acceptors (Lipinski definition) is 1. The summed E-state index contributed by atoms with van der Waals surface area (Å²) >= 11 is 0. The van der Waals surface area contributed by atoms with Gasteiger partial charge < -0.3 is 5.73 Å². The van der Waals surface area contributed by atoms with Gasteiger partial charge in [-0.2, -0.15) is 13.2 Å². The molecule has 1 aromatic rings. The molecule has 1 nitrogen and oxygen atoms in total. The first-order valence-corrected chi connectivity index (χ1v) is 4.88. The molecule has 2 N–H and O–H groups in total. The Bertz CT molecular complexity index is 359. The van der Waals surface area contributed by atoms with Crippen LogP contribution in [0.4, 0.5) is 17.6 Å². The third kappa shape index (κ3) is 3.81. The van der Waals surface area contributed by atoms with Crippen LogP contribution in [0.25, 0.3) is 0 Å². The summed E-state index contributed by atoms with van der Waals surface area (Å²) in [6.45, 7) is 1.58. The number of aryl methyl sites for hydroxylation is 1. The summed E-state index contributed by atoms with van der Waals surface area (Å²) in [5.41, 5.74) is 6.40. The van der Waals surface area contributed by atoms with Gasteiger partial charge in [-0.1, -0.05) is 12.1 Å². The van der Waals surface area contributed by atoms with E-state index in [1.807, 2.05) is 0 Å². The van der Waals surface area contributed by atoms with Crippen molar-refractivity contribution in [3.63, 3.8) is 0 Å². The van der Waals surface area contributed by atoms with Crippen molar-refractivity contribution in [1.82, 2.24) is 0 Å². The van der Waals surface area contributed by atoms with Gasteiger partial charge in [-0.3, -0.25) is 0 Å². The second kappa shape index (κ2) is 4.82. The first kappa shape index (κ1) is 13.0. The van der Waals surface area contributed by atoms with Crippen LogP contribution < -0.4 is 5.73 Å². The Morgan fingerprint density at radius 1 is 1.31 bits per heavy atom. The van der Waals surface area contributed by atoms with E-state index in [1.165, 1.54) is 12.1 Å². The van der Waals surface area contributed by atoms with Gasteiger partial charge >= 0.3 is 6.18 Å². The van der Waals surface area contributed by atoms with E-state index in [0.29, 0.717) is 11.1 Å². The van der Waals surface area contributed by atoms with Crippen LogP contribution in [0.5, 0.6) is 0 Å². The quantitative estimate of drug-likeness (QED) is 0.797. The van der Waals surface area contributed by atoms with Crippen LogP contribution in [0.2, 0.25) is 0 Å². The lowest BCUT2D eigenvalue weighted by atomic mass is 10.0. The van der Waals surface area contributed by atoms with Gasteiger partial charge in [-0.05, 0) is 30.5 Å². The molecule has 0 saturated heterocycles. The van der Waals surface area contributed by atoms with E-state index in [-0.39, 0.29) is 6.42 Å². The number of rotatable bonds is 3. The highest BCUT2D eigenvalue weighted by molar-refractivity contribution is 5.25. The summed E-state index contributed by atoms with van der Waals surface area (Å²) in [6, 6.07) is 3.48. The van der Waals surface area contributed by atoms with Gasteiger partial charge in [0.2, 0.25) is 0 Å². The molecule has 0 saturated carbocycles. The molecule has 0 spiro atoms. The van der Waals surface area contributed by atoms with E-state index in [2.05, 4.69) is 0 Å². The molecule has 0 unspecified atom stereocenters. The number of hydrogen-bond donors (Lipinski definition) is 1. The summed E-state index contributed by atoms with van der Waals surface area (Å²) < 4.78 is 49.0. The molecular formula is C11H13F4N. The fourth-order valence-electron chi connectivity index (χ4n) is 1.33. The van der Waals surface area contributed by atoms with E-state index in [9.17, 15) is 17.6 Å². The Morgan fingerprint density at radius 2 is 1.94 bits per heavy atom. The minimum atomic E-state index is -4.22. The van der Waals surface area contributed by atoms with Crippen molar-refractivity contribution < 1.29 is 17.6 Å².